The van der Waals surface area contributed by atoms with Crippen LogP contribution in [0.1, 0.15) is 48.0 Å². The highest BCUT2D eigenvalue weighted by molar-refractivity contribution is 6.30. The van der Waals surface area contributed by atoms with Crippen molar-refractivity contribution in [3.63, 3.8) is 0 Å². The fraction of sp³-hybridized carbons (Fsp3) is 0.407. The Bertz CT molecular complexity index is 1060. The van der Waals surface area contributed by atoms with Gasteiger partial charge in [0.15, 0.2) is 0 Å². The molecule has 7 heteroatoms. The predicted molar refractivity (Wildman–Crippen MR) is 135 cm³/mol. The van der Waals surface area contributed by atoms with E-state index in [2.05, 4.69) is 17.1 Å². The maximum Gasteiger partial charge on any atom is 0.254 e. The number of ether oxygens (including phenoxy) is 1. The first kappa shape index (κ1) is 24.3. The Hall–Kier alpha value is -2.83. The SMILES string of the molecule is COCCN(Cc1c(-c2ccccc2)noc1N(C)C1CCCCC1)C(=O)c1ccc(Cl)cc1. The van der Waals surface area contributed by atoms with Gasteiger partial charge >= 0.3 is 0 Å². The second kappa shape index (κ2) is 11.5. The van der Waals surface area contributed by atoms with Crippen LogP contribution < -0.4 is 4.90 Å². The maximum atomic E-state index is 13.5. The van der Waals surface area contributed by atoms with E-state index in [-0.39, 0.29) is 5.91 Å². The van der Waals surface area contributed by atoms with Gasteiger partial charge in [-0.3, -0.25) is 4.79 Å². The van der Waals surface area contributed by atoms with Crippen molar-refractivity contribution in [2.45, 2.75) is 44.7 Å². The van der Waals surface area contributed by atoms with Crippen molar-refractivity contribution in [3.05, 3.63) is 70.7 Å². The van der Waals surface area contributed by atoms with E-state index in [4.69, 9.17) is 20.9 Å². The first-order chi connectivity index (χ1) is 16.6. The molecule has 0 atom stereocenters. The van der Waals surface area contributed by atoms with Crippen molar-refractivity contribution >= 4 is 23.4 Å². The molecule has 180 valence electrons. The Morgan fingerprint density at radius 1 is 1.09 bits per heavy atom. The van der Waals surface area contributed by atoms with Crippen molar-refractivity contribution in [3.8, 4) is 11.3 Å². The van der Waals surface area contributed by atoms with E-state index in [1.54, 1.807) is 36.3 Å². The number of anilines is 1. The van der Waals surface area contributed by atoms with Crippen LogP contribution in [0.3, 0.4) is 0 Å². The molecule has 0 saturated heterocycles. The fourth-order valence-corrected chi connectivity index (χ4v) is 4.72. The highest BCUT2D eigenvalue weighted by atomic mass is 35.5. The lowest BCUT2D eigenvalue weighted by molar-refractivity contribution is 0.0680. The minimum Gasteiger partial charge on any atom is -0.383 e. The molecule has 0 unspecified atom stereocenters. The second-order valence-electron chi connectivity index (χ2n) is 8.81. The normalized spacial score (nSPS) is 14.2. The zero-order valence-corrected chi connectivity index (χ0v) is 20.6. The van der Waals surface area contributed by atoms with Crippen LogP contribution in [0.4, 0.5) is 5.88 Å². The van der Waals surface area contributed by atoms with Crippen molar-refractivity contribution < 1.29 is 14.1 Å². The lowest BCUT2D eigenvalue weighted by Crippen LogP contribution is -2.36. The topological polar surface area (TPSA) is 58.8 Å². The molecule has 6 nitrogen and oxygen atoms in total. The van der Waals surface area contributed by atoms with Crippen LogP contribution in [-0.2, 0) is 11.3 Å². The smallest absolute Gasteiger partial charge is 0.254 e. The van der Waals surface area contributed by atoms with Crippen LogP contribution >= 0.6 is 11.6 Å². The Kier molecular flexibility index (Phi) is 8.25. The van der Waals surface area contributed by atoms with Gasteiger partial charge in [-0.15, -0.1) is 0 Å². The molecule has 0 N–H and O–H groups in total. The summed E-state index contributed by atoms with van der Waals surface area (Å²) in [5.41, 5.74) is 3.23. The number of aromatic nitrogens is 1. The van der Waals surface area contributed by atoms with Crippen molar-refractivity contribution in [1.29, 1.82) is 0 Å². The maximum absolute atomic E-state index is 13.5. The van der Waals surface area contributed by atoms with Gasteiger partial charge in [-0.25, -0.2) is 0 Å². The first-order valence-electron chi connectivity index (χ1n) is 11.9. The summed E-state index contributed by atoms with van der Waals surface area (Å²) in [6.45, 7) is 1.24. The van der Waals surface area contributed by atoms with Gasteiger partial charge in [-0.1, -0.05) is 66.4 Å². The lowest BCUT2D eigenvalue weighted by Gasteiger charge is -2.32. The number of benzene rings is 2. The van der Waals surface area contributed by atoms with Gasteiger partial charge < -0.3 is 19.1 Å². The number of methoxy groups -OCH3 is 1. The van der Waals surface area contributed by atoms with E-state index >= 15 is 0 Å². The third-order valence-corrected chi connectivity index (χ3v) is 6.80. The molecule has 1 fully saturated rings. The Balaban J connectivity index is 1.70. The molecule has 1 aromatic heterocycles. The predicted octanol–water partition coefficient (Wildman–Crippen LogP) is 6.05. The molecule has 3 aromatic rings. The molecule has 2 aromatic carbocycles. The zero-order chi connectivity index (χ0) is 23.9. The summed E-state index contributed by atoms with van der Waals surface area (Å²) in [7, 11) is 3.72. The average molecular weight is 482 g/mol. The van der Waals surface area contributed by atoms with Gasteiger partial charge in [0.1, 0.15) is 5.69 Å². The minimum absolute atomic E-state index is 0.0832. The van der Waals surface area contributed by atoms with Crippen LogP contribution in [0.25, 0.3) is 11.3 Å². The van der Waals surface area contributed by atoms with Gasteiger partial charge in [-0.05, 0) is 37.1 Å². The molecule has 34 heavy (non-hydrogen) atoms. The molecule has 0 aliphatic heterocycles. The van der Waals surface area contributed by atoms with Crippen LogP contribution in [0.15, 0.2) is 59.1 Å². The van der Waals surface area contributed by atoms with E-state index in [1.165, 1.54) is 19.3 Å². The highest BCUT2D eigenvalue weighted by Gasteiger charge is 2.29. The zero-order valence-electron chi connectivity index (χ0n) is 19.9. The van der Waals surface area contributed by atoms with E-state index in [0.29, 0.717) is 36.3 Å². The largest absolute Gasteiger partial charge is 0.383 e. The molecule has 1 aliphatic carbocycles. The monoisotopic (exact) mass is 481 g/mol. The summed E-state index contributed by atoms with van der Waals surface area (Å²) in [4.78, 5) is 17.5. The summed E-state index contributed by atoms with van der Waals surface area (Å²) in [6, 6.07) is 17.4. The van der Waals surface area contributed by atoms with Gasteiger partial charge in [-0.2, -0.15) is 0 Å². The van der Waals surface area contributed by atoms with Crippen LogP contribution in [0, 0.1) is 0 Å². The van der Waals surface area contributed by atoms with Crippen molar-refractivity contribution in [2.75, 3.05) is 32.2 Å². The van der Waals surface area contributed by atoms with Gasteiger partial charge in [0, 0.05) is 42.9 Å². The number of hydrogen-bond donors (Lipinski definition) is 0. The molecule has 0 radical (unpaired) electrons. The van der Waals surface area contributed by atoms with E-state index < -0.39 is 0 Å². The number of halogens is 1. The third kappa shape index (κ3) is 5.62. The van der Waals surface area contributed by atoms with Crippen LogP contribution in [0.5, 0.6) is 0 Å². The average Bonchev–Trinajstić information content (AvgIpc) is 3.30. The number of carbonyl (C=O) groups excluding carboxylic acids is 1. The molecule has 1 saturated carbocycles. The number of amides is 1. The van der Waals surface area contributed by atoms with Gasteiger partial charge in [0.05, 0.1) is 18.7 Å². The van der Waals surface area contributed by atoms with Gasteiger partial charge in [0.25, 0.3) is 5.91 Å². The summed E-state index contributed by atoms with van der Waals surface area (Å²) in [5.74, 6) is 0.650. The number of carbonyl (C=O) groups is 1. The van der Waals surface area contributed by atoms with Crippen molar-refractivity contribution in [2.24, 2.45) is 0 Å². The number of rotatable bonds is 9. The molecule has 1 aliphatic rings. The standard InChI is InChI=1S/C27H32ClN3O3/c1-30(23-11-7-4-8-12-23)27-24(25(29-34-27)20-9-5-3-6-10-20)19-31(17-18-33-2)26(32)21-13-15-22(28)16-14-21/h3,5-6,9-10,13-16,23H,4,7-8,11-12,17-19H2,1-2H3. The lowest BCUT2D eigenvalue weighted by atomic mass is 9.94. The summed E-state index contributed by atoms with van der Waals surface area (Å²) in [6.07, 6.45) is 5.99. The molecule has 1 heterocycles. The fourth-order valence-electron chi connectivity index (χ4n) is 4.60. The summed E-state index contributed by atoms with van der Waals surface area (Å²) in [5, 5.41) is 5.07. The summed E-state index contributed by atoms with van der Waals surface area (Å²) < 4.78 is 11.3. The molecular weight excluding hydrogens is 450 g/mol. The van der Waals surface area contributed by atoms with E-state index in [0.717, 1.165) is 35.5 Å². The second-order valence-corrected chi connectivity index (χ2v) is 9.25. The summed E-state index contributed by atoms with van der Waals surface area (Å²) >= 11 is 6.04. The minimum atomic E-state index is -0.0832. The molecule has 1 amide bonds. The number of hydrogen-bond acceptors (Lipinski definition) is 5. The molecule has 0 bridgehead atoms. The number of nitrogens with zero attached hydrogens (tertiary/aromatic N) is 3. The van der Waals surface area contributed by atoms with Crippen LogP contribution in [0.2, 0.25) is 5.02 Å². The third-order valence-electron chi connectivity index (χ3n) is 6.55. The Labute approximate surface area is 206 Å². The van der Waals surface area contributed by atoms with Gasteiger partial charge in [0.2, 0.25) is 5.88 Å². The highest BCUT2D eigenvalue weighted by Crippen LogP contribution is 2.35. The Morgan fingerprint density at radius 3 is 2.47 bits per heavy atom. The quantitative estimate of drug-likeness (QED) is 0.372. The molecular formula is C27H32ClN3O3. The van der Waals surface area contributed by atoms with Crippen molar-refractivity contribution in [1.82, 2.24) is 10.1 Å². The Morgan fingerprint density at radius 2 is 1.79 bits per heavy atom. The van der Waals surface area contributed by atoms with E-state index in [1.807, 2.05) is 30.3 Å². The molecule has 0 spiro atoms. The first-order valence-corrected chi connectivity index (χ1v) is 12.3. The van der Waals surface area contributed by atoms with E-state index in [9.17, 15) is 4.79 Å². The van der Waals surface area contributed by atoms with Crippen LogP contribution in [-0.4, -0.2) is 49.3 Å². The molecule has 4 rings (SSSR count).